The van der Waals surface area contributed by atoms with Crippen molar-refractivity contribution in [2.24, 2.45) is 0 Å². The SMILES string of the molecule is CCCOc1cc(N)cc(SC(C)C(C)O)c1. The number of ether oxygens (including phenoxy) is 1. The number of nitrogen functional groups attached to an aromatic ring is 1. The molecule has 96 valence electrons. The van der Waals surface area contributed by atoms with E-state index in [0.29, 0.717) is 12.3 Å². The van der Waals surface area contributed by atoms with Crippen LogP contribution in [0.3, 0.4) is 0 Å². The van der Waals surface area contributed by atoms with E-state index in [1.54, 1.807) is 18.7 Å². The number of thioether (sulfide) groups is 1. The number of hydrogen-bond donors (Lipinski definition) is 2. The Labute approximate surface area is 107 Å². The third kappa shape index (κ3) is 4.88. The molecule has 0 aromatic heterocycles. The Balaban J connectivity index is 2.74. The molecule has 0 radical (unpaired) electrons. The maximum atomic E-state index is 9.48. The number of aliphatic hydroxyl groups excluding tert-OH is 1. The first-order chi connectivity index (χ1) is 8.02. The van der Waals surface area contributed by atoms with E-state index in [2.05, 4.69) is 6.92 Å². The van der Waals surface area contributed by atoms with Crippen molar-refractivity contribution in [3.8, 4) is 5.75 Å². The van der Waals surface area contributed by atoms with Crippen LogP contribution in [0.5, 0.6) is 5.75 Å². The Kier molecular flexibility index (Phi) is 5.65. The van der Waals surface area contributed by atoms with Gasteiger partial charge in [-0.15, -0.1) is 11.8 Å². The minimum absolute atomic E-state index is 0.135. The molecule has 0 aliphatic heterocycles. The third-order valence-corrected chi connectivity index (χ3v) is 3.65. The van der Waals surface area contributed by atoms with Crippen LogP contribution >= 0.6 is 11.8 Å². The zero-order chi connectivity index (χ0) is 12.8. The molecule has 0 saturated carbocycles. The highest BCUT2D eigenvalue weighted by Crippen LogP contribution is 2.30. The monoisotopic (exact) mass is 255 g/mol. The standard InChI is InChI=1S/C13H21NO2S/c1-4-5-16-12-6-11(14)7-13(8-12)17-10(3)9(2)15/h6-10,15H,4-5,14H2,1-3H3. The molecule has 0 saturated heterocycles. The molecule has 0 spiro atoms. The van der Waals surface area contributed by atoms with Gasteiger partial charge in [-0.05, 0) is 25.5 Å². The van der Waals surface area contributed by atoms with Crippen molar-refractivity contribution in [1.82, 2.24) is 0 Å². The predicted octanol–water partition coefficient (Wildman–Crippen LogP) is 2.92. The summed E-state index contributed by atoms with van der Waals surface area (Å²) in [5, 5.41) is 9.61. The van der Waals surface area contributed by atoms with Crippen molar-refractivity contribution in [2.45, 2.75) is 43.4 Å². The fourth-order valence-electron chi connectivity index (χ4n) is 1.28. The summed E-state index contributed by atoms with van der Waals surface area (Å²) in [7, 11) is 0. The fourth-order valence-corrected chi connectivity index (χ4v) is 2.29. The maximum absolute atomic E-state index is 9.48. The molecule has 1 aromatic rings. The number of anilines is 1. The molecule has 17 heavy (non-hydrogen) atoms. The highest BCUT2D eigenvalue weighted by atomic mass is 32.2. The topological polar surface area (TPSA) is 55.5 Å². The Morgan fingerprint density at radius 3 is 2.65 bits per heavy atom. The van der Waals surface area contributed by atoms with Crippen molar-refractivity contribution >= 4 is 17.4 Å². The molecular formula is C13H21NO2S. The third-order valence-electron chi connectivity index (χ3n) is 2.38. The van der Waals surface area contributed by atoms with Crippen molar-refractivity contribution in [3.05, 3.63) is 18.2 Å². The van der Waals surface area contributed by atoms with Crippen LogP contribution in [-0.4, -0.2) is 23.1 Å². The van der Waals surface area contributed by atoms with E-state index in [1.807, 2.05) is 25.1 Å². The van der Waals surface area contributed by atoms with Crippen LogP contribution in [0.4, 0.5) is 5.69 Å². The van der Waals surface area contributed by atoms with E-state index in [1.165, 1.54) is 0 Å². The van der Waals surface area contributed by atoms with Crippen molar-refractivity contribution in [3.63, 3.8) is 0 Å². The number of benzene rings is 1. The molecule has 0 heterocycles. The molecule has 1 rings (SSSR count). The van der Waals surface area contributed by atoms with Crippen LogP contribution in [0, 0.1) is 0 Å². The fraction of sp³-hybridized carbons (Fsp3) is 0.538. The van der Waals surface area contributed by atoms with Gasteiger partial charge in [0, 0.05) is 21.9 Å². The van der Waals surface area contributed by atoms with E-state index in [0.717, 1.165) is 17.1 Å². The molecule has 0 amide bonds. The Morgan fingerprint density at radius 1 is 1.35 bits per heavy atom. The molecule has 4 heteroatoms. The average Bonchev–Trinajstić information content (AvgIpc) is 2.25. The van der Waals surface area contributed by atoms with Crippen LogP contribution in [0.15, 0.2) is 23.1 Å². The molecule has 3 N–H and O–H groups in total. The minimum Gasteiger partial charge on any atom is -0.493 e. The summed E-state index contributed by atoms with van der Waals surface area (Å²) in [6.07, 6.45) is 0.628. The van der Waals surface area contributed by atoms with E-state index in [4.69, 9.17) is 10.5 Å². The van der Waals surface area contributed by atoms with Gasteiger partial charge in [0.15, 0.2) is 0 Å². The summed E-state index contributed by atoms with van der Waals surface area (Å²) in [5.41, 5.74) is 6.52. The first-order valence-corrected chi connectivity index (χ1v) is 6.79. The molecule has 2 unspecified atom stereocenters. The summed E-state index contributed by atoms with van der Waals surface area (Å²) >= 11 is 1.60. The predicted molar refractivity (Wildman–Crippen MR) is 73.6 cm³/mol. The average molecular weight is 255 g/mol. The normalized spacial score (nSPS) is 14.4. The number of aliphatic hydroxyl groups is 1. The number of rotatable bonds is 6. The van der Waals surface area contributed by atoms with Gasteiger partial charge in [-0.3, -0.25) is 0 Å². The lowest BCUT2D eigenvalue weighted by atomic mass is 10.3. The smallest absolute Gasteiger partial charge is 0.122 e. The maximum Gasteiger partial charge on any atom is 0.122 e. The lowest BCUT2D eigenvalue weighted by Crippen LogP contribution is -2.14. The molecular weight excluding hydrogens is 234 g/mol. The van der Waals surface area contributed by atoms with Crippen LogP contribution < -0.4 is 10.5 Å². The van der Waals surface area contributed by atoms with Gasteiger partial charge in [0.1, 0.15) is 5.75 Å². The summed E-state index contributed by atoms with van der Waals surface area (Å²) in [5.74, 6) is 0.798. The lowest BCUT2D eigenvalue weighted by Gasteiger charge is -2.15. The molecule has 0 aliphatic rings. The van der Waals surface area contributed by atoms with Gasteiger partial charge in [0.25, 0.3) is 0 Å². The van der Waals surface area contributed by atoms with Gasteiger partial charge in [-0.2, -0.15) is 0 Å². The molecule has 3 nitrogen and oxygen atoms in total. The molecule has 1 aromatic carbocycles. The molecule has 2 atom stereocenters. The van der Waals surface area contributed by atoms with Gasteiger partial charge in [0.2, 0.25) is 0 Å². The zero-order valence-corrected chi connectivity index (χ0v) is 11.5. The van der Waals surface area contributed by atoms with E-state index in [9.17, 15) is 5.11 Å². The second-order valence-electron chi connectivity index (χ2n) is 4.15. The highest BCUT2D eigenvalue weighted by molar-refractivity contribution is 8.00. The largest absolute Gasteiger partial charge is 0.493 e. The van der Waals surface area contributed by atoms with Crippen LogP contribution in [0.2, 0.25) is 0 Å². The van der Waals surface area contributed by atoms with Gasteiger partial charge in [0.05, 0.1) is 12.7 Å². The second-order valence-corrected chi connectivity index (χ2v) is 5.60. The number of nitrogens with two attached hydrogens (primary N) is 1. The van der Waals surface area contributed by atoms with E-state index in [-0.39, 0.29) is 11.4 Å². The van der Waals surface area contributed by atoms with Crippen LogP contribution in [0.1, 0.15) is 27.2 Å². The second kappa shape index (κ2) is 6.77. The van der Waals surface area contributed by atoms with Gasteiger partial charge < -0.3 is 15.6 Å². The number of hydrogen-bond acceptors (Lipinski definition) is 4. The summed E-state index contributed by atoms with van der Waals surface area (Å²) in [6.45, 7) is 6.54. The van der Waals surface area contributed by atoms with Crippen molar-refractivity contribution < 1.29 is 9.84 Å². The van der Waals surface area contributed by atoms with Crippen molar-refractivity contribution in [2.75, 3.05) is 12.3 Å². The first-order valence-electron chi connectivity index (χ1n) is 5.91. The zero-order valence-electron chi connectivity index (χ0n) is 10.6. The lowest BCUT2D eigenvalue weighted by molar-refractivity contribution is 0.196. The summed E-state index contributed by atoms with van der Waals surface area (Å²) in [6, 6.07) is 5.70. The summed E-state index contributed by atoms with van der Waals surface area (Å²) in [4.78, 5) is 1.03. The molecule has 0 bridgehead atoms. The minimum atomic E-state index is -0.346. The van der Waals surface area contributed by atoms with Gasteiger partial charge in [-0.25, -0.2) is 0 Å². The van der Waals surface area contributed by atoms with E-state index < -0.39 is 0 Å². The Morgan fingerprint density at radius 2 is 2.06 bits per heavy atom. The quantitative estimate of drug-likeness (QED) is 0.606. The van der Waals surface area contributed by atoms with Crippen molar-refractivity contribution in [1.29, 1.82) is 0 Å². The summed E-state index contributed by atoms with van der Waals surface area (Å²) < 4.78 is 5.56. The van der Waals surface area contributed by atoms with Crippen LogP contribution in [0.25, 0.3) is 0 Å². The molecule has 0 aliphatic carbocycles. The van der Waals surface area contributed by atoms with Gasteiger partial charge >= 0.3 is 0 Å². The highest BCUT2D eigenvalue weighted by Gasteiger charge is 2.11. The van der Waals surface area contributed by atoms with E-state index >= 15 is 0 Å². The first kappa shape index (κ1) is 14.2. The van der Waals surface area contributed by atoms with Gasteiger partial charge in [-0.1, -0.05) is 13.8 Å². The van der Waals surface area contributed by atoms with Crippen LogP contribution in [-0.2, 0) is 0 Å². The molecule has 0 fully saturated rings. The Bertz CT molecular complexity index is 355. The Hall–Kier alpha value is -0.870.